The Morgan fingerprint density at radius 1 is 0.741 bits per heavy atom. The third-order valence-electron chi connectivity index (χ3n) is 4.81. The summed E-state index contributed by atoms with van der Waals surface area (Å²) in [7, 11) is 0. The average molecular weight is 382 g/mol. The van der Waals surface area contributed by atoms with Gasteiger partial charge in [-0.1, -0.05) is 90.1 Å². The second kappa shape index (κ2) is 7.12. The summed E-state index contributed by atoms with van der Waals surface area (Å²) in [5, 5.41) is 3.46. The summed E-state index contributed by atoms with van der Waals surface area (Å²) in [5.41, 5.74) is 4.86. The van der Waals surface area contributed by atoms with Crippen molar-refractivity contribution in [2.24, 2.45) is 9.98 Å². The summed E-state index contributed by atoms with van der Waals surface area (Å²) >= 11 is 6.27. The van der Waals surface area contributed by atoms with Gasteiger partial charge in [0.1, 0.15) is 5.84 Å². The lowest BCUT2D eigenvalue weighted by Gasteiger charge is -2.22. The summed E-state index contributed by atoms with van der Waals surface area (Å²) in [6, 6.07) is 16.9. The maximum atomic E-state index is 6.27. The van der Waals surface area contributed by atoms with Gasteiger partial charge in [-0.05, 0) is 39.1 Å². The van der Waals surface area contributed by atoms with Gasteiger partial charge >= 0.3 is 0 Å². The molecule has 1 aliphatic rings. The van der Waals surface area contributed by atoms with Crippen molar-refractivity contribution in [3.05, 3.63) is 70.8 Å². The standard InChI is InChI=1S/C23H28ClN3/c1-22(2,3)17-11-7-15(8-12-17)19-25-20(27-21(24)26-19)16-9-13-18(14-10-16)23(4,5)6/h7-14,19H,1-6H3,(H,25,26,27). The third kappa shape index (κ3) is 4.59. The monoisotopic (exact) mass is 381 g/mol. The largest absolute Gasteiger partial charge is 0.315 e. The molecule has 1 N–H and O–H groups in total. The molecule has 2 aromatic carbocycles. The van der Waals surface area contributed by atoms with E-state index in [-0.39, 0.29) is 17.0 Å². The van der Waals surface area contributed by atoms with E-state index in [2.05, 4.69) is 100 Å². The fraction of sp³-hybridized carbons (Fsp3) is 0.391. The van der Waals surface area contributed by atoms with Gasteiger partial charge in [0.25, 0.3) is 0 Å². The summed E-state index contributed by atoms with van der Waals surface area (Å²) < 4.78 is 0. The maximum absolute atomic E-state index is 6.27. The van der Waals surface area contributed by atoms with Crippen molar-refractivity contribution in [3.63, 3.8) is 0 Å². The van der Waals surface area contributed by atoms with E-state index >= 15 is 0 Å². The van der Waals surface area contributed by atoms with Crippen LogP contribution < -0.4 is 5.32 Å². The van der Waals surface area contributed by atoms with Crippen LogP contribution in [0.1, 0.15) is 70.0 Å². The molecule has 1 unspecified atom stereocenters. The lowest BCUT2D eigenvalue weighted by atomic mass is 9.86. The van der Waals surface area contributed by atoms with E-state index in [1.165, 1.54) is 11.1 Å². The van der Waals surface area contributed by atoms with Crippen molar-refractivity contribution in [1.29, 1.82) is 0 Å². The highest BCUT2D eigenvalue weighted by Crippen LogP contribution is 2.28. The zero-order chi connectivity index (χ0) is 19.8. The minimum Gasteiger partial charge on any atom is -0.315 e. The Labute approximate surface area is 167 Å². The quantitative estimate of drug-likeness (QED) is 0.643. The molecule has 1 heterocycles. The highest BCUT2D eigenvalue weighted by atomic mass is 35.5. The molecular formula is C23H28ClN3. The molecule has 0 saturated carbocycles. The van der Waals surface area contributed by atoms with Gasteiger partial charge in [-0.3, -0.25) is 0 Å². The van der Waals surface area contributed by atoms with Crippen molar-refractivity contribution >= 4 is 22.7 Å². The summed E-state index contributed by atoms with van der Waals surface area (Å²) in [6.45, 7) is 13.2. The van der Waals surface area contributed by atoms with Crippen LogP contribution >= 0.6 is 11.6 Å². The minimum absolute atomic E-state index is 0.122. The van der Waals surface area contributed by atoms with Gasteiger partial charge in [-0.2, -0.15) is 0 Å². The summed E-state index contributed by atoms with van der Waals surface area (Å²) in [4.78, 5) is 9.25. The van der Waals surface area contributed by atoms with Crippen LogP contribution in [-0.4, -0.2) is 11.1 Å². The van der Waals surface area contributed by atoms with Crippen molar-refractivity contribution in [2.75, 3.05) is 0 Å². The zero-order valence-corrected chi connectivity index (χ0v) is 17.7. The lowest BCUT2D eigenvalue weighted by molar-refractivity contribution is 0.589. The molecule has 0 radical (unpaired) electrons. The molecule has 0 bridgehead atoms. The Hall–Kier alpha value is -2.13. The maximum Gasteiger partial charge on any atom is 0.199 e. The number of aliphatic imine (C=N–C) groups is 2. The van der Waals surface area contributed by atoms with Gasteiger partial charge in [0.05, 0.1) is 0 Å². The number of hydrogen-bond acceptors (Lipinski definition) is 3. The van der Waals surface area contributed by atoms with Crippen molar-refractivity contribution in [2.45, 2.75) is 58.5 Å². The van der Waals surface area contributed by atoms with Crippen molar-refractivity contribution in [3.8, 4) is 0 Å². The summed E-state index contributed by atoms with van der Waals surface area (Å²) in [6.07, 6.45) is -0.329. The summed E-state index contributed by atoms with van der Waals surface area (Å²) in [5.74, 6) is 0.750. The first-order chi connectivity index (χ1) is 12.5. The van der Waals surface area contributed by atoms with Crippen LogP contribution in [-0.2, 0) is 10.8 Å². The average Bonchev–Trinajstić information content (AvgIpc) is 2.60. The molecular weight excluding hydrogens is 354 g/mol. The molecule has 4 heteroatoms. The smallest absolute Gasteiger partial charge is 0.199 e. The molecule has 0 saturated heterocycles. The van der Waals surface area contributed by atoms with Crippen LogP contribution in [0.4, 0.5) is 0 Å². The van der Waals surface area contributed by atoms with E-state index in [9.17, 15) is 0 Å². The van der Waals surface area contributed by atoms with Crippen molar-refractivity contribution < 1.29 is 0 Å². The molecule has 2 aromatic rings. The first-order valence-corrected chi connectivity index (χ1v) is 9.71. The Balaban J connectivity index is 1.89. The highest BCUT2D eigenvalue weighted by Gasteiger charge is 2.20. The number of rotatable bonds is 2. The second-order valence-corrected chi connectivity index (χ2v) is 9.45. The number of halogens is 1. The van der Waals surface area contributed by atoms with E-state index in [0.29, 0.717) is 5.29 Å². The van der Waals surface area contributed by atoms with Crippen LogP contribution in [0.5, 0.6) is 0 Å². The fourth-order valence-corrected chi connectivity index (χ4v) is 3.18. The highest BCUT2D eigenvalue weighted by molar-refractivity contribution is 6.66. The molecule has 0 spiro atoms. The van der Waals surface area contributed by atoms with Gasteiger partial charge < -0.3 is 5.32 Å². The number of amidine groups is 2. The van der Waals surface area contributed by atoms with E-state index in [0.717, 1.165) is 17.0 Å². The number of nitrogens with one attached hydrogen (secondary N) is 1. The van der Waals surface area contributed by atoms with Gasteiger partial charge in [-0.25, -0.2) is 9.98 Å². The molecule has 3 nitrogen and oxygen atoms in total. The van der Waals surface area contributed by atoms with Crippen LogP contribution in [0.3, 0.4) is 0 Å². The predicted molar refractivity (Wildman–Crippen MR) is 116 cm³/mol. The number of nitrogens with zero attached hydrogens (tertiary/aromatic N) is 2. The number of hydrogen-bond donors (Lipinski definition) is 1. The Kier molecular flexibility index (Phi) is 5.18. The number of benzene rings is 2. The molecule has 0 aliphatic carbocycles. The fourth-order valence-electron chi connectivity index (χ4n) is 3.00. The molecule has 0 aromatic heterocycles. The zero-order valence-electron chi connectivity index (χ0n) is 17.0. The van der Waals surface area contributed by atoms with Crippen LogP contribution in [0.2, 0.25) is 0 Å². The van der Waals surface area contributed by atoms with Gasteiger partial charge in [-0.15, -0.1) is 0 Å². The first-order valence-electron chi connectivity index (χ1n) is 9.33. The van der Waals surface area contributed by atoms with Crippen LogP contribution in [0.15, 0.2) is 58.5 Å². The normalized spacial score (nSPS) is 17.8. The van der Waals surface area contributed by atoms with Gasteiger partial charge in [0.2, 0.25) is 0 Å². The third-order valence-corrected chi connectivity index (χ3v) is 5.00. The van der Waals surface area contributed by atoms with E-state index < -0.39 is 0 Å². The molecule has 0 amide bonds. The molecule has 1 atom stereocenters. The van der Waals surface area contributed by atoms with Crippen LogP contribution in [0, 0.1) is 0 Å². The molecule has 3 rings (SSSR count). The van der Waals surface area contributed by atoms with E-state index in [1.807, 2.05) is 0 Å². The minimum atomic E-state index is -0.329. The predicted octanol–water partition coefficient (Wildman–Crippen LogP) is 5.93. The Morgan fingerprint density at radius 2 is 1.22 bits per heavy atom. The Bertz CT molecular complexity index is 864. The topological polar surface area (TPSA) is 36.8 Å². The lowest BCUT2D eigenvalue weighted by Crippen LogP contribution is -2.32. The van der Waals surface area contributed by atoms with Gasteiger partial charge in [0.15, 0.2) is 11.5 Å². The first kappa shape index (κ1) is 19.6. The van der Waals surface area contributed by atoms with Crippen molar-refractivity contribution in [1.82, 2.24) is 5.32 Å². The van der Waals surface area contributed by atoms with E-state index in [1.54, 1.807) is 0 Å². The van der Waals surface area contributed by atoms with Gasteiger partial charge in [0, 0.05) is 5.56 Å². The molecule has 1 aliphatic heterocycles. The molecule has 142 valence electrons. The van der Waals surface area contributed by atoms with E-state index in [4.69, 9.17) is 16.6 Å². The Morgan fingerprint density at radius 3 is 1.70 bits per heavy atom. The molecule has 0 fully saturated rings. The SMILES string of the molecule is CC(C)(C)c1ccc(C2=NC(c3ccc(C(C)(C)C)cc3)N=C(Cl)N2)cc1. The molecule has 27 heavy (non-hydrogen) atoms. The second-order valence-electron chi connectivity index (χ2n) is 9.10. The van der Waals surface area contributed by atoms with Crippen LogP contribution in [0.25, 0.3) is 0 Å².